The molecule has 0 aliphatic heterocycles. The van der Waals surface area contributed by atoms with Gasteiger partial charge in [-0.2, -0.15) is 0 Å². The van der Waals surface area contributed by atoms with Crippen LogP contribution in [0.25, 0.3) is 0 Å². The molecular weight excluding hydrogens is 179 g/mol. The Morgan fingerprint density at radius 3 is 2.60 bits per heavy atom. The number of carbonyl (C=O) groups excluding carboxylic acids is 1. The predicted molar refractivity (Wildman–Crippen MR) is 38.4 cm³/mol. The van der Waals surface area contributed by atoms with E-state index in [1.54, 1.807) is 0 Å². The molecule has 0 saturated heterocycles. The molecule has 60 valence electrons. The van der Waals surface area contributed by atoms with E-state index in [1.165, 1.54) is 0 Å². The minimum absolute atomic E-state index is 0.0512. The molecule has 5 heteroatoms. The van der Waals surface area contributed by atoms with E-state index >= 15 is 0 Å². The van der Waals surface area contributed by atoms with E-state index in [0.29, 0.717) is 0 Å². The van der Waals surface area contributed by atoms with E-state index in [-0.39, 0.29) is 18.4 Å². The zero-order chi connectivity index (χ0) is 7.98. The molecule has 0 radical (unpaired) electrons. The maximum Gasteiger partial charge on any atom is 0.320 e. The Balaban J connectivity index is 3.26. The summed E-state index contributed by atoms with van der Waals surface area (Å²) in [5, 5.41) is 8.75. The highest BCUT2D eigenvalue weighted by atomic mass is 35.5. The molecule has 0 aromatic carbocycles. The smallest absolute Gasteiger partial charge is 0.320 e. The molecule has 10 heavy (non-hydrogen) atoms. The summed E-state index contributed by atoms with van der Waals surface area (Å²) in [6.45, 7) is -0.0882. The Bertz CT molecular complexity index is 107. The lowest BCUT2D eigenvalue weighted by molar-refractivity contribution is -0.143. The summed E-state index contributed by atoms with van der Waals surface area (Å²) in [6.07, 6.45) is -0.797. The Labute approximate surface area is 68.9 Å². The SMILES string of the molecule is O=C(CCl)OCC(O)CCl. The summed E-state index contributed by atoms with van der Waals surface area (Å²) in [4.78, 5) is 10.3. The summed E-state index contributed by atoms with van der Waals surface area (Å²) in [6, 6.07) is 0. The second-order valence-electron chi connectivity index (χ2n) is 1.62. The van der Waals surface area contributed by atoms with E-state index in [4.69, 9.17) is 28.3 Å². The molecule has 3 nitrogen and oxygen atoms in total. The molecule has 1 unspecified atom stereocenters. The maximum atomic E-state index is 10.3. The minimum atomic E-state index is -0.797. The lowest BCUT2D eigenvalue weighted by atomic mass is 10.4. The van der Waals surface area contributed by atoms with Gasteiger partial charge in [0.25, 0.3) is 0 Å². The van der Waals surface area contributed by atoms with Gasteiger partial charge in [0.15, 0.2) is 0 Å². The number of aliphatic hydroxyl groups excluding tert-OH is 1. The molecule has 0 heterocycles. The topological polar surface area (TPSA) is 46.5 Å². The molecular formula is C5H8Cl2O3. The Morgan fingerprint density at radius 2 is 2.20 bits per heavy atom. The Hall–Kier alpha value is 0.01000. The second-order valence-corrected chi connectivity index (χ2v) is 2.20. The Morgan fingerprint density at radius 1 is 1.60 bits per heavy atom. The van der Waals surface area contributed by atoms with Gasteiger partial charge in [0.2, 0.25) is 0 Å². The zero-order valence-electron chi connectivity index (χ0n) is 5.22. The number of halogens is 2. The average molecular weight is 187 g/mol. The van der Waals surface area contributed by atoms with Gasteiger partial charge >= 0.3 is 5.97 Å². The highest BCUT2D eigenvalue weighted by Crippen LogP contribution is 1.90. The van der Waals surface area contributed by atoms with Crippen molar-refractivity contribution in [2.45, 2.75) is 6.10 Å². The van der Waals surface area contributed by atoms with Crippen LogP contribution in [-0.4, -0.2) is 35.5 Å². The van der Waals surface area contributed by atoms with Gasteiger partial charge in [-0.3, -0.25) is 4.79 Å². The number of aliphatic hydroxyl groups is 1. The van der Waals surface area contributed by atoms with Crippen molar-refractivity contribution in [3.05, 3.63) is 0 Å². The fraction of sp³-hybridized carbons (Fsp3) is 0.800. The molecule has 0 aromatic heterocycles. The third-order valence-electron chi connectivity index (χ3n) is 0.724. The number of rotatable bonds is 4. The summed E-state index contributed by atoms with van der Waals surface area (Å²) in [5.41, 5.74) is 0. The van der Waals surface area contributed by atoms with Gasteiger partial charge in [0.05, 0.1) is 5.88 Å². The van der Waals surface area contributed by atoms with Gasteiger partial charge in [-0.1, -0.05) is 0 Å². The standard InChI is InChI=1S/C5H8Cl2O3/c6-1-4(8)3-10-5(9)2-7/h4,8H,1-3H2. The van der Waals surface area contributed by atoms with Crippen LogP contribution in [0.1, 0.15) is 0 Å². The molecule has 0 amide bonds. The lowest BCUT2D eigenvalue weighted by Gasteiger charge is -2.05. The quantitative estimate of drug-likeness (QED) is 0.510. The van der Waals surface area contributed by atoms with E-state index in [2.05, 4.69) is 4.74 Å². The predicted octanol–water partition coefficient (Wildman–Crippen LogP) is 0.368. The molecule has 0 aliphatic carbocycles. The highest BCUT2D eigenvalue weighted by molar-refractivity contribution is 6.26. The van der Waals surface area contributed by atoms with Gasteiger partial charge in [-0.05, 0) is 0 Å². The normalized spacial score (nSPS) is 12.7. The zero-order valence-corrected chi connectivity index (χ0v) is 6.73. The first-order valence-corrected chi connectivity index (χ1v) is 3.73. The van der Waals surface area contributed by atoms with Gasteiger partial charge in [-0.25, -0.2) is 0 Å². The summed E-state index contributed by atoms with van der Waals surface area (Å²) in [7, 11) is 0. The third-order valence-corrected chi connectivity index (χ3v) is 1.30. The van der Waals surface area contributed by atoms with Gasteiger partial charge in [0.1, 0.15) is 18.6 Å². The van der Waals surface area contributed by atoms with Gasteiger partial charge < -0.3 is 9.84 Å². The number of carbonyl (C=O) groups is 1. The van der Waals surface area contributed by atoms with Crippen LogP contribution in [0, 0.1) is 0 Å². The van der Waals surface area contributed by atoms with Crippen LogP contribution in [0.4, 0.5) is 0 Å². The number of hydrogen-bond acceptors (Lipinski definition) is 3. The van der Waals surface area contributed by atoms with E-state index in [9.17, 15) is 4.79 Å². The molecule has 0 rings (SSSR count). The van der Waals surface area contributed by atoms with Crippen LogP contribution in [0.5, 0.6) is 0 Å². The van der Waals surface area contributed by atoms with Crippen molar-refractivity contribution in [3.8, 4) is 0 Å². The largest absolute Gasteiger partial charge is 0.462 e. The number of esters is 1. The van der Waals surface area contributed by atoms with Crippen LogP contribution in [0.15, 0.2) is 0 Å². The monoisotopic (exact) mass is 186 g/mol. The maximum absolute atomic E-state index is 10.3. The fourth-order valence-electron chi connectivity index (χ4n) is 0.272. The van der Waals surface area contributed by atoms with E-state index in [1.807, 2.05) is 0 Å². The molecule has 0 aliphatic rings. The molecule has 0 spiro atoms. The van der Waals surface area contributed by atoms with Crippen molar-refractivity contribution < 1.29 is 14.6 Å². The summed E-state index contributed by atoms with van der Waals surface area (Å²) >= 11 is 10.3. The summed E-state index contributed by atoms with van der Waals surface area (Å²) in [5.74, 6) is -0.698. The number of ether oxygens (including phenoxy) is 1. The molecule has 0 bridgehead atoms. The molecule has 0 fully saturated rings. The molecule has 1 N–H and O–H groups in total. The minimum Gasteiger partial charge on any atom is -0.462 e. The van der Waals surface area contributed by atoms with Crippen LogP contribution in [0.2, 0.25) is 0 Å². The number of alkyl halides is 2. The van der Waals surface area contributed by atoms with Gasteiger partial charge in [-0.15, -0.1) is 23.2 Å². The molecule has 1 atom stereocenters. The van der Waals surface area contributed by atoms with Crippen LogP contribution in [0.3, 0.4) is 0 Å². The van der Waals surface area contributed by atoms with Crippen LogP contribution >= 0.6 is 23.2 Å². The highest BCUT2D eigenvalue weighted by Gasteiger charge is 2.05. The average Bonchev–Trinajstić information content (AvgIpc) is 1.99. The first-order valence-electron chi connectivity index (χ1n) is 2.66. The van der Waals surface area contributed by atoms with Crippen LogP contribution in [-0.2, 0) is 9.53 Å². The first kappa shape index (κ1) is 10.0. The van der Waals surface area contributed by atoms with Crippen LogP contribution < -0.4 is 0 Å². The van der Waals surface area contributed by atoms with Crippen molar-refractivity contribution in [1.29, 1.82) is 0 Å². The summed E-state index contributed by atoms with van der Waals surface area (Å²) < 4.78 is 4.44. The van der Waals surface area contributed by atoms with Crippen molar-refractivity contribution in [2.75, 3.05) is 18.4 Å². The molecule has 0 aromatic rings. The fourth-order valence-corrected chi connectivity index (χ4v) is 0.438. The van der Waals surface area contributed by atoms with Crippen molar-refractivity contribution in [2.24, 2.45) is 0 Å². The molecule has 0 saturated carbocycles. The van der Waals surface area contributed by atoms with Crippen molar-refractivity contribution >= 4 is 29.2 Å². The van der Waals surface area contributed by atoms with E-state index in [0.717, 1.165) is 0 Å². The third kappa shape index (κ3) is 4.85. The number of hydrogen-bond donors (Lipinski definition) is 1. The lowest BCUT2D eigenvalue weighted by Crippen LogP contribution is -2.20. The Kier molecular flexibility index (Phi) is 5.78. The van der Waals surface area contributed by atoms with Gasteiger partial charge in [0, 0.05) is 0 Å². The van der Waals surface area contributed by atoms with E-state index < -0.39 is 12.1 Å². The first-order chi connectivity index (χ1) is 4.70. The second kappa shape index (κ2) is 5.77. The van der Waals surface area contributed by atoms with Crippen molar-refractivity contribution in [3.63, 3.8) is 0 Å². The van der Waals surface area contributed by atoms with Crippen molar-refractivity contribution in [1.82, 2.24) is 0 Å².